The van der Waals surface area contributed by atoms with Gasteiger partial charge in [-0.2, -0.15) is 0 Å². The van der Waals surface area contributed by atoms with E-state index in [9.17, 15) is 14.4 Å². The van der Waals surface area contributed by atoms with E-state index in [4.69, 9.17) is 0 Å². The Labute approximate surface area is 209 Å². The van der Waals surface area contributed by atoms with Crippen LogP contribution in [0, 0.1) is 11.8 Å². The van der Waals surface area contributed by atoms with E-state index >= 15 is 0 Å². The molecule has 1 N–H and O–H groups in total. The van der Waals surface area contributed by atoms with Gasteiger partial charge in [0, 0.05) is 51.4 Å². The van der Waals surface area contributed by atoms with Crippen LogP contribution >= 0.6 is 0 Å². The number of hydrogen-bond acceptors (Lipinski definition) is 6. The number of anilines is 1. The lowest BCUT2D eigenvalue weighted by Gasteiger charge is -2.41. The predicted octanol–water partition coefficient (Wildman–Crippen LogP) is 0.874. The van der Waals surface area contributed by atoms with Crippen molar-refractivity contribution in [3.63, 3.8) is 0 Å². The number of para-hydroxylation sites is 1. The number of rotatable bonds is 6. The van der Waals surface area contributed by atoms with Crippen molar-refractivity contribution >= 4 is 23.4 Å². The molecule has 1 aromatic carbocycles. The fourth-order valence-electron chi connectivity index (χ4n) is 5.86. The minimum Gasteiger partial charge on any atom is -0.340 e. The Kier molecular flexibility index (Phi) is 7.78. The summed E-state index contributed by atoms with van der Waals surface area (Å²) in [7, 11) is 1.98. The lowest BCUT2D eigenvalue weighted by atomic mass is 9.84. The van der Waals surface area contributed by atoms with E-state index in [1.807, 2.05) is 74.9 Å². The third-order valence-electron chi connectivity index (χ3n) is 7.47. The van der Waals surface area contributed by atoms with Gasteiger partial charge in [0.05, 0.1) is 30.1 Å². The minimum absolute atomic E-state index is 0.0220. The molecule has 3 aliphatic heterocycles. The van der Waals surface area contributed by atoms with Crippen LogP contribution in [0.2, 0.25) is 0 Å². The summed E-state index contributed by atoms with van der Waals surface area (Å²) in [5, 5.41) is 1.62. The van der Waals surface area contributed by atoms with E-state index in [1.54, 1.807) is 5.01 Å². The standard InChI is InChI=1S/C26H40N6O3/c1-18(2)31(19(3)4)23(33)17-29-11-13-30(14-12-29)25(34)21-15-28(5)16-22-24(21)27-32(26(22)35)20-9-7-6-8-10-20/h6-10,18-19,21-22,24,27H,11-17H2,1-5H3. The average molecular weight is 485 g/mol. The molecule has 0 spiro atoms. The van der Waals surface area contributed by atoms with E-state index in [1.165, 1.54) is 0 Å². The summed E-state index contributed by atoms with van der Waals surface area (Å²) in [5.74, 6) is -0.282. The number of fused-ring (bicyclic) bond motifs is 1. The molecule has 192 valence electrons. The third-order valence-corrected chi connectivity index (χ3v) is 7.47. The quantitative estimate of drug-likeness (QED) is 0.646. The molecule has 3 atom stereocenters. The molecule has 0 bridgehead atoms. The Morgan fingerprint density at radius 2 is 1.63 bits per heavy atom. The van der Waals surface area contributed by atoms with Crippen LogP contribution in [0.4, 0.5) is 5.69 Å². The molecule has 3 unspecified atom stereocenters. The predicted molar refractivity (Wildman–Crippen MR) is 135 cm³/mol. The van der Waals surface area contributed by atoms with Crippen LogP contribution in [0.3, 0.4) is 0 Å². The maximum Gasteiger partial charge on any atom is 0.247 e. The smallest absolute Gasteiger partial charge is 0.247 e. The second-order valence-electron chi connectivity index (χ2n) is 10.7. The molecule has 0 aromatic heterocycles. The third kappa shape index (κ3) is 5.37. The Bertz CT molecular complexity index is 907. The molecule has 3 amide bonds. The number of nitrogens with one attached hydrogen (secondary N) is 1. The Morgan fingerprint density at radius 1 is 1.00 bits per heavy atom. The van der Waals surface area contributed by atoms with Gasteiger partial charge < -0.3 is 14.7 Å². The highest BCUT2D eigenvalue weighted by Gasteiger charge is 2.51. The summed E-state index contributed by atoms with van der Waals surface area (Å²) >= 11 is 0. The molecule has 9 nitrogen and oxygen atoms in total. The highest BCUT2D eigenvalue weighted by atomic mass is 16.2. The lowest BCUT2D eigenvalue weighted by molar-refractivity contribution is -0.141. The summed E-state index contributed by atoms with van der Waals surface area (Å²) in [4.78, 5) is 47.8. The first-order valence-corrected chi connectivity index (χ1v) is 12.8. The summed E-state index contributed by atoms with van der Waals surface area (Å²) in [6.07, 6.45) is 0. The number of nitrogens with zero attached hydrogens (tertiary/aromatic N) is 5. The van der Waals surface area contributed by atoms with Crippen molar-refractivity contribution in [2.24, 2.45) is 11.8 Å². The molecular formula is C26H40N6O3. The van der Waals surface area contributed by atoms with Gasteiger partial charge in [0.1, 0.15) is 0 Å². The topological polar surface area (TPSA) is 79.4 Å². The van der Waals surface area contributed by atoms with Gasteiger partial charge in [0.25, 0.3) is 0 Å². The first kappa shape index (κ1) is 25.6. The Hall–Kier alpha value is -2.49. The van der Waals surface area contributed by atoms with Crippen molar-refractivity contribution in [1.29, 1.82) is 0 Å². The van der Waals surface area contributed by atoms with E-state index in [2.05, 4.69) is 15.2 Å². The molecule has 0 radical (unpaired) electrons. The molecule has 3 aliphatic rings. The second kappa shape index (κ2) is 10.6. The maximum absolute atomic E-state index is 13.6. The van der Waals surface area contributed by atoms with E-state index in [0.29, 0.717) is 45.8 Å². The Balaban J connectivity index is 1.38. The number of hydrogen-bond donors (Lipinski definition) is 1. The first-order valence-electron chi connectivity index (χ1n) is 12.8. The zero-order valence-corrected chi connectivity index (χ0v) is 21.7. The SMILES string of the molecule is CC(C)N(C(=O)CN1CCN(C(=O)C2CN(C)CC3C(=O)N(c4ccccc4)NC23)CC1)C(C)C. The highest BCUT2D eigenvalue weighted by molar-refractivity contribution is 5.98. The number of benzene rings is 1. The molecule has 35 heavy (non-hydrogen) atoms. The molecule has 0 saturated carbocycles. The fourth-order valence-corrected chi connectivity index (χ4v) is 5.86. The van der Waals surface area contributed by atoms with Crippen molar-refractivity contribution < 1.29 is 14.4 Å². The van der Waals surface area contributed by atoms with Gasteiger partial charge in [-0.15, -0.1) is 0 Å². The molecule has 4 rings (SSSR count). The van der Waals surface area contributed by atoms with Crippen LogP contribution in [0.5, 0.6) is 0 Å². The molecule has 3 saturated heterocycles. The molecule has 0 aliphatic carbocycles. The van der Waals surface area contributed by atoms with Gasteiger partial charge in [-0.1, -0.05) is 18.2 Å². The van der Waals surface area contributed by atoms with Crippen LogP contribution in [0.1, 0.15) is 27.7 Å². The lowest BCUT2D eigenvalue weighted by Crippen LogP contribution is -2.59. The van der Waals surface area contributed by atoms with Gasteiger partial charge in [0.2, 0.25) is 17.7 Å². The van der Waals surface area contributed by atoms with E-state index in [0.717, 1.165) is 5.69 Å². The monoisotopic (exact) mass is 484 g/mol. The minimum atomic E-state index is -0.290. The van der Waals surface area contributed by atoms with E-state index in [-0.39, 0.29) is 47.7 Å². The Morgan fingerprint density at radius 3 is 2.23 bits per heavy atom. The number of hydrazine groups is 1. The number of likely N-dealkylation sites (tertiary alicyclic amines) is 1. The van der Waals surface area contributed by atoms with Gasteiger partial charge >= 0.3 is 0 Å². The van der Waals surface area contributed by atoms with Gasteiger partial charge in [-0.3, -0.25) is 19.3 Å². The van der Waals surface area contributed by atoms with Crippen LogP contribution in [0.15, 0.2) is 30.3 Å². The number of amides is 3. The van der Waals surface area contributed by atoms with Crippen LogP contribution in [-0.4, -0.2) is 108 Å². The van der Waals surface area contributed by atoms with Crippen molar-refractivity contribution in [2.75, 3.05) is 57.9 Å². The zero-order valence-electron chi connectivity index (χ0n) is 21.7. The normalized spacial score (nSPS) is 25.9. The summed E-state index contributed by atoms with van der Waals surface area (Å²) < 4.78 is 0. The van der Waals surface area contributed by atoms with Crippen molar-refractivity contribution in [1.82, 2.24) is 25.0 Å². The number of carbonyl (C=O) groups is 3. The van der Waals surface area contributed by atoms with Crippen molar-refractivity contribution in [2.45, 2.75) is 45.8 Å². The second-order valence-corrected chi connectivity index (χ2v) is 10.7. The van der Waals surface area contributed by atoms with Gasteiger partial charge in [-0.05, 0) is 46.9 Å². The number of piperazine rings is 1. The first-order chi connectivity index (χ1) is 16.7. The van der Waals surface area contributed by atoms with Crippen molar-refractivity contribution in [3.05, 3.63) is 30.3 Å². The maximum atomic E-state index is 13.6. The highest BCUT2D eigenvalue weighted by Crippen LogP contribution is 2.32. The van der Waals surface area contributed by atoms with Crippen LogP contribution in [-0.2, 0) is 14.4 Å². The van der Waals surface area contributed by atoms with Crippen molar-refractivity contribution in [3.8, 4) is 0 Å². The van der Waals surface area contributed by atoms with Crippen LogP contribution < -0.4 is 10.4 Å². The van der Waals surface area contributed by atoms with Gasteiger partial charge in [0.15, 0.2) is 0 Å². The molecule has 3 heterocycles. The summed E-state index contributed by atoms with van der Waals surface area (Å²) in [5.41, 5.74) is 4.17. The molecule has 9 heteroatoms. The largest absolute Gasteiger partial charge is 0.340 e. The molecule has 1 aromatic rings. The fraction of sp³-hybridized carbons (Fsp3) is 0.654. The average Bonchev–Trinajstić information content (AvgIpc) is 3.15. The van der Waals surface area contributed by atoms with E-state index < -0.39 is 0 Å². The van der Waals surface area contributed by atoms with Crippen LogP contribution in [0.25, 0.3) is 0 Å². The molecule has 3 fully saturated rings. The molecular weight excluding hydrogens is 444 g/mol. The number of carbonyl (C=O) groups excluding carboxylic acids is 3. The van der Waals surface area contributed by atoms with Gasteiger partial charge in [-0.25, -0.2) is 10.4 Å². The summed E-state index contributed by atoms with van der Waals surface area (Å²) in [6, 6.07) is 9.67. The summed E-state index contributed by atoms with van der Waals surface area (Å²) in [6.45, 7) is 12.4. The zero-order chi connectivity index (χ0) is 25.3. The number of piperidine rings is 1.